The molecule has 0 fully saturated rings. The van der Waals surface area contributed by atoms with Gasteiger partial charge in [-0.1, -0.05) is 29.5 Å². The minimum atomic E-state index is -0.416. The van der Waals surface area contributed by atoms with E-state index in [9.17, 15) is 4.79 Å². The van der Waals surface area contributed by atoms with Crippen LogP contribution in [0.5, 0.6) is 5.88 Å². The van der Waals surface area contributed by atoms with Gasteiger partial charge >= 0.3 is 6.09 Å². The number of ether oxygens (including phenoxy) is 1. The van der Waals surface area contributed by atoms with Crippen LogP contribution in [0.2, 0.25) is 5.02 Å². The normalized spacial score (nSPS) is 10.6. The van der Waals surface area contributed by atoms with E-state index in [0.29, 0.717) is 11.6 Å². The van der Waals surface area contributed by atoms with Gasteiger partial charge in [0.05, 0.1) is 0 Å². The molecule has 0 unspecified atom stereocenters. The third kappa shape index (κ3) is 5.51. The van der Waals surface area contributed by atoms with Crippen molar-refractivity contribution in [1.29, 1.82) is 0 Å². The molecule has 1 aromatic heterocycles. The van der Waals surface area contributed by atoms with Crippen molar-refractivity contribution >= 4 is 17.7 Å². The first-order valence-electron chi connectivity index (χ1n) is 8.02. The highest BCUT2D eigenvalue weighted by atomic mass is 35.5. The first kappa shape index (κ1) is 18.8. The molecule has 2 rings (SSSR count). The molecule has 0 aliphatic heterocycles. The van der Waals surface area contributed by atoms with E-state index in [-0.39, 0.29) is 11.4 Å². The van der Waals surface area contributed by atoms with E-state index in [1.54, 1.807) is 35.4 Å². The van der Waals surface area contributed by atoms with Crippen molar-refractivity contribution in [2.45, 2.75) is 33.2 Å². The van der Waals surface area contributed by atoms with Crippen LogP contribution in [-0.2, 0) is 0 Å². The second kappa shape index (κ2) is 8.04. The monoisotopic (exact) mass is 356 g/mol. The molecule has 0 atom stereocenters. The molecule has 0 N–H and O–H groups in total. The van der Waals surface area contributed by atoms with Gasteiger partial charge in [0.25, 0.3) is 0 Å². The molecule has 2 aromatic rings. The van der Waals surface area contributed by atoms with Crippen molar-refractivity contribution in [2.24, 2.45) is 0 Å². The van der Waals surface area contributed by atoms with E-state index in [2.05, 4.69) is 16.8 Å². The summed E-state index contributed by atoms with van der Waals surface area (Å²) in [6, 6.07) is 10.7. The van der Waals surface area contributed by atoms with Crippen molar-refractivity contribution in [3.05, 3.63) is 58.7 Å². The largest absolute Gasteiger partial charge is 0.416 e. The molecule has 0 saturated heterocycles. The molecule has 130 valence electrons. The molecule has 0 aliphatic carbocycles. The van der Waals surface area contributed by atoms with Gasteiger partial charge in [0.1, 0.15) is 0 Å². The molecular weight excluding hydrogens is 336 g/mol. The lowest BCUT2D eigenvalue weighted by molar-refractivity contribution is 0.109. The molecule has 25 heavy (non-hydrogen) atoms. The Morgan fingerprint density at radius 3 is 2.48 bits per heavy atom. The highest BCUT2D eigenvalue weighted by Gasteiger charge is 2.26. The molecule has 0 saturated carbocycles. The van der Waals surface area contributed by atoms with Gasteiger partial charge in [0.2, 0.25) is 5.88 Å². The summed E-state index contributed by atoms with van der Waals surface area (Å²) in [4.78, 5) is 18.0. The van der Waals surface area contributed by atoms with Crippen LogP contribution < -0.4 is 4.74 Å². The lowest BCUT2D eigenvalue weighted by atomic mass is 10.1. The lowest BCUT2D eigenvalue weighted by Gasteiger charge is -2.33. The summed E-state index contributed by atoms with van der Waals surface area (Å²) in [6.07, 6.45) is 1.16. The van der Waals surface area contributed by atoms with Crippen LogP contribution in [0.3, 0.4) is 0 Å². The number of carbonyl (C=O) groups excluding carboxylic acids is 1. The molecular formula is C20H21ClN2O2. The van der Waals surface area contributed by atoms with Gasteiger partial charge < -0.3 is 9.64 Å². The minimum absolute atomic E-state index is 0.251. The van der Waals surface area contributed by atoms with E-state index in [0.717, 1.165) is 11.1 Å². The molecule has 0 bridgehead atoms. The molecule has 5 heteroatoms. The van der Waals surface area contributed by atoms with Gasteiger partial charge in [0.15, 0.2) is 0 Å². The van der Waals surface area contributed by atoms with Crippen molar-refractivity contribution in [3.63, 3.8) is 0 Å². The fraction of sp³-hybridized carbons (Fsp3) is 0.300. The molecule has 1 heterocycles. The van der Waals surface area contributed by atoms with Gasteiger partial charge in [-0.3, -0.25) is 0 Å². The highest BCUT2D eigenvalue weighted by molar-refractivity contribution is 6.30. The Morgan fingerprint density at radius 1 is 1.20 bits per heavy atom. The third-order valence-corrected chi connectivity index (χ3v) is 3.69. The van der Waals surface area contributed by atoms with Gasteiger partial charge in [-0.2, -0.15) is 0 Å². The van der Waals surface area contributed by atoms with Gasteiger partial charge in [-0.05, 0) is 52.0 Å². The molecule has 1 aromatic carbocycles. The summed E-state index contributed by atoms with van der Waals surface area (Å²) in [6.45, 7) is 8.35. The van der Waals surface area contributed by atoms with Crippen LogP contribution in [0, 0.1) is 11.8 Å². The predicted molar refractivity (Wildman–Crippen MR) is 99.8 cm³/mol. The predicted octanol–water partition coefficient (Wildman–Crippen LogP) is 4.75. The first-order chi connectivity index (χ1) is 11.8. The highest BCUT2D eigenvalue weighted by Crippen LogP contribution is 2.16. The van der Waals surface area contributed by atoms with Crippen LogP contribution in [0.4, 0.5) is 4.79 Å². The van der Waals surface area contributed by atoms with Crippen LogP contribution in [-0.4, -0.2) is 28.1 Å². The van der Waals surface area contributed by atoms with Crippen LogP contribution >= 0.6 is 11.6 Å². The SMILES string of the molecule is CCN(C(=O)Oc1ccc(C#Cc2cccc(Cl)c2)cn1)C(C)(C)C. The quantitative estimate of drug-likeness (QED) is 0.729. The van der Waals surface area contributed by atoms with E-state index in [4.69, 9.17) is 16.3 Å². The standard InChI is InChI=1S/C20H21ClN2O2/c1-5-23(20(2,3)4)19(24)25-18-12-11-16(14-22-18)10-9-15-7-6-8-17(21)13-15/h6-8,11-14H,5H2,1-4H3. The average Bonchev–Trinajstić information content (AvgIpc) is 2.53. The maximum absolute atomic E-state index is 12.2. The van der Waals surface area contributed by atoms with E-state index < -0.39 is 6.09 Å². The molecule has 0 spiro atoms. The minimum Gasteiger partial charge on any atom is -0.391 e. The van der Waals surface area contributed by atoms with Crippen LogP contribution in [0.25, 0.3) is 0 Å². The van der Waals surface area contributed by atoms with E-state index in [1.807, 2.05) is 39.8 Å². The van der Waals surface area contributed by atoms with Gasteiger partial charge in [0, 0.05) is 40.5 Å². The summed E-state index contributed by atoms with van der Waals surface area (Å²) in [5.41, 5.74) is 1.24. The van der Waals surface area contributed by atoms with Crippen molar-refractivity contribution in [1.82, 2.24) is 9.88 Å². The van der Waals surface area contributed by atoms with Crippen LogP contribution in [0.1, 0.15) is 38.8 Å². The number of halogens is 1. The number of hydrogen-bond acceptors (Lipinski definition) is 3. The fourth-order valence-corrected chi connectivity index (χ4v) is 2.44. The molecule has 0 radical (unpaired) electrons. The summed E-state index contributed by atoms with van der Waals surface area (Å²) >= 11 is 5.93. The van der Waals surface area contributed by atoms with E-state index >= 15 is 0 Å². The zero-order valence-corrected chi connectivity index (χ0v) is 15.6. The first-order valence-corrected chi connectivity index (χ1v) is 8.40. The summed E-state index contributed by atoms with van der Waals surface area (Å²) in [7, 11) is 0. The topological polar surface area (TPSA) is 42.4 Å². The average molecular weight is 357 g/mol. The van der Waals surface area contributed by atoms with E-state index in [1.165, 1.54) is 0 Å². The summed E-state index contributed by atoms with van der Waals surface area (Å²) in [5, 5.41) is 0.645. The van der Waals surface area contributed by atoms with Gasteiger partial charge in [-0.25, -0.2) is 9.78 Å². The van der Waals surface area contributed by atoms with Gasteiger partial charge in [-0.15, -0.1) is 0 Å². The second-order valence-corrected chi connectivity index (χ2v) is 6.86. The number of pyridine rings is 1. The third-order valence-electron chi connectivity index (χ3n) is 3.45. The number of nitrogens with zero attached hydrogens (tertiary/aromatic N) is 2. The number of hydrogen-bond donors (Lipinski definition) is 0. The second-order valence-electron chi connectivity index (χ2n) is 6.43. The number of rotatable bonds is 2. The molecule has 1 amide bonds. The van der Waals surface area contributed by atoms with Crippen molar-refractivity contribution < 1.29 is 9.53 Å². The lowest BCUT2D eigenvalue weighted by Crippen LogP contribution is -2.46. The smallest absolute Gasteiger partial charge is 0.391 e. The van der Waals surface area contributed by atoms with Crippen molar-refractivity contribution in [2.75, 3.05) is 6.54 Å². The molecule has 4 nitrogen and oxygen atoms in total. The van der Waals surface area contributed by atoms with Crippen molar-refractivity contribution in [3.8, 4) is 17.7 Å². The Balaban J connectivity index is 2.07. The Hall–Kier alpha value is -2.51. The zero-order chi connectivity index (χ0) is 18.4. The zero-order valence-electron chi connectivity index (χ0n) is 14.8. The summed E-state index contributed by atoms with van der Waals surface area (Å²) in [5.74, 6) is 6.27. The maximum atomic E-state index is 12.2. The van der Waals surface area contributed by atoms with Crippen LogP contribution in [0.15, 0.2) is 42.6 Å². The Labute approximate surface area is 153 Å². The summed E-state index contributed by atoms with van der Waals surface area (Å²) < 4.78 is 5.34. The number of amides is 1. The number of carbonyl (C=O) groups is 1. The Kier molecular flexibility index (Phi) is 6.06. The Morgan fingerprint density at radius 2 is 1.92 bits per heavy atom. The maximum Gasteiger partial charge on any atom is 0.416 e. The molecule has 0 aliphatic rings. The number of aromatic nitrogens is 1. The fourth-order valence-electron chi connectivity index (χ4n) is 2.25. The number of benzene rings is 1. The Bertz CT molecular complexity index is 799.